The second-order valence-corrected chi connectivity index (χ2v) is 5.61. The molecule has 0 spiro atoms. The van der Waals surface area contributed by atoms with Crippen molar-refractivity contribution >= 4 is 32.4 Å². The van der Waals surface area contributed by atoms with Crippen molar-refractivity contribution in [2.45, 2.75) is 10.8 Å². The molecule has 2 aromatic rings. The van der Waals surface area contributed by atoms with E-state index in [1.165, 1.54) is 12.5 Å². The molecule has 0 aliphatic rings. The maximum atomic E-state index is 11.4. The van der Waals surface area contributed by atoms with Crippen molar-refractivity contribution in [2.24, 2.45) is 0 Å². The van der Waals surface area contributed by atoms with Crippen LogP contribution < -0.4 is 0 Å². The van der Waals surface area contributed by atoms with Gasteiger partial charge in [-0.3, -0.25) is 0 Å². The summed E-state index contributed by atoms with van der Waals surface area (Å²) in [6, 6.07) is 4.86. The van der Waals surface area contributed by atoms with Gasteiger partial charge in [-0.05, 0) is 18.2 Å². The van der Waals surface area contributed by atoms with Crippen LogP contribution in [0.25, 0.3) is 11.0 Å². The van der Waals surface area contributed by atoms with Gasteiger partial charge in [-0.25, -0.2) is 8.42 Å². The van der Waals surface area contributed by atoms with Crippen LogP contribution in [-0.2, 0) is 15.7 Å². The molecule has 0 atom stereocenters. The Kier molecular flexibility index (Phi) is 2.48. The Labute approximate surface area is 92.6 Å². The van der Waals surface area contributed by atoms with Crippen LogP contribution >= 0.6 is 11.6 Å². The molecule has 1 heterocycles. The van der Waals surface area contributed by atoms with Gasteiger partial charge < -0.3 is 4.42 Å². The number of furan rings is 1. The molecule has 2 rings (SSSR count). The summed E-state index contributed by atoms with van der Waals surface area (Å²) in [4.78, 5) is 0.270. The summed E-state index contributed by atoms with van der Waals surface area (Å²) < 4.78 is 28.0. The molecule has 0 amide bonds. The Morgan fingerprint density at radius 2 is 2.13 bits per heavy atom. The molecule has 1 aromatic heterocycles. The summed E-state index contributed by atoms with van der Waals surface area (Å²) in [5.74, 6) is 0.230. The second-order valence-electron chi connectivity index (χ2n) is 3.33. The summed E-state index contributed by atoms with van der Waals surface area (Å²) in [6.07, 6.45) is 2.69. The quantitative estimate of drug-likeness (QED) is 0.763. The molecule has 0 fully saturated rings. The SMILES string of the molecule is CS(=O)(=O)c1cc(CCl)c2occc2c1. The van der Waals surface area contributed by atoms with Crippen LogP contribution in [0.4, 0.5) is 0 Å². The summed E-state index contributed by atoms with van der Waals surface area (Å²) in [5.41, 5.74) is 1.34. The van der Waals surface area contributed by atoms with Crippen LogP contribution in [0.2, 0.25) is 0 Å². The summed E-state index contributed by atoms with van der Waals surface area (Å²) in [5, 5.41) is 0.758. The molecular formula is C10H9ClO3S. The topological polar surface area (TPSA) is 47.3 Å². The number of benzene rings is 1. The number of sulfone groups is 1. The highest BCUT2D eigenvalue weighted by molar-refractivity contribution is 7.90. The predicted molar refractivity (Wildman–Crippen MR) is 58.9 cm³/mol. The summed E-state index contributed by atoms with van der Waals surface area (Å²) >= 11 is 5.73. The van der Waals surface area contributed by atoms with E-state index in [4.69, 9.17) is 16.0 Å². The highest BCUT2D eigenvalue weighted by Crippen LogP contribution is 2.25. The zero-order chi connectivity index (χ0) is 11.1. The molecule has 1 aromatic carbocycles. The first-order valence-corrected chi connectivity index (χ1v) is 6.71. The van der Waals surface area contributed by atoms with Crippen LogP contribution in [0.15, 0.2) is 33.8 Å². The molecule has 0 saturated heterocycles. The van der Waals surface area contributed by atoms with Crippen molar-refractivity contribution in [2.75, 3.05) is 6.26 Å². The number of halogens is 1. The third kappa shape index (κ3) is 1.87. The van der Waals surface area contributed by atoms with Gasteiger partial charge in [0.2, 0.25) is 0 Å². The van der Waals surface area contributed by atoms with Gasteiger partial charge in [0.1, 0.15) is 5.58 Å². The monoisotopic (exact) mass is 244 g/mol. The van der Waals surface area contributed by atoms with Gasteiger partial charge in [0, 0.05) is 17.2 Å². The van der Waals surface area contributed by atoms with Gasteiger partial charge in [-0.1, -0.05) is 0 Å². The smallest absolute Gasteiger partial charge is 0.175 e. The van der Waals surface area contributed by atoms with Crippen molar-refractivity contribution in [3.63, 3.8) is 0 Å². The zero-order valence-corrected chi connectivity index (χ0v) is 9.60. The molecule has 0 radical (unpaired) electrons. The van der Waals surface area contributed by atoms with Crippen LogP contribution in [0.1, 0.15) is 5.56 Å². The van der Waals surface area contributed by atoms with Crippen molar-refractivity contribution in [1.29, 1.82) is 0 Å². The Bertz CT molecular complexity index is 598. The molecule has 0 N–H and O–H groups in total. The van der Waals surface area contributed by atoms with Gasteiger partial charge in [-0.15, -0.1) is 11.6 Å². The maximum absolute atomic E-state index is 11.4. The fourth-order valence-corrected chi connectivity index (χ4v) is 2.34. The molecular weight excluding hydrogens is 236 g/mol. The van der Waals surface area contributed by atoms with Crippen LogP contribution in [0.5, 0.6) is 0 Å². The Morgan fingerprint density at radius 1 is 1.40 bits per heavy atom. The molecule has 0 bridgehead atoms. The minimum Gasteiger partial charge on any atom is -0.464 e. The van der Waals surface area contributed by atoms with Crippen molar-refractivity contribution in [3.8, 4) is 0 Å². The number of hydrogen-bond acceptors (Lipinski definition) is 3. The van der Waals surface area contributed by atoms with Gasteiger partial charge in [-0.2, -0.15) is 0 Å². The van der Waals surface area contributed by atoms with Crippen LogP contribution in [-0.4, -0.2) is 14.7 Å². The number of rotatable bonds is 2. The number of hydrogen-bond donors (Lipinski definition) is 0. The lowest BCUT2D eigenvalue weighted by Crippen LogP contribution is -1.97. The fraction of sp³-hybridized carbons (Fsp3) is 0.200. The predicted octanol–water partition coefficient (Wildman–Crippen LogP) is 2.58. The van der Waals surface area contributed by atoms with E-state index in [9.17, 15) is 8.42 Å². The average molecular weight is 245 g/mol. The highest BCUT2D eigenvalue weighted by atomic mass is 35.5. The maximum Gasteiger partial charge on any atom is 0.175 e. The lowest BCUT2D eigenvalue weighted by molar-refractivity contribution is 0.601. The molecule has 15 heavy (non-hydrogen) atoms. The van der Waals surface area contributed by atoms with Gasteiger partial charge >= 0.3 is 0 Å². The largest absolute Gasteiger partial charge is 0.464 e. The minimum atomic E-state index is -3.21. The first-order valence-electron chi connectivity index (χ1n) is 4.28. The summed E-state index contributed by atoms with van der Waals surface area (Å²) in [6.45, 7) is 0. The molecule has 0 unspecified atom stereocenters. The number of fused-ring (bicyclic) bond motifs is 1. The lowest BCUT2D eigenvalue weighted by atomic mass is 10.2. The Morgan fingerprint density at radius 3 is 2.73 bits per heavy atom. The van der Waals surface area contributed by atoms with E-state index in [1.54, 1.807) is 18.2 Å². The highest BCUT2D eigenvalue weighted by Gasteiger charge is 2.12. The molecule has 0 saturated carbocycles. The molecule has 0 aliphatic heterocycles. The fourth-order valence-electron chi connectivity index (χ4n) is 1.44. The van der Waals surface area contributed by atoms with E-state index in [2.05, 4.69) is 0 Å². The van der Waals surface area contributed by atoms with E-state index < -0.39 is 9.84 Å². The molecule has 5 heteroatoms. The van der Waals surface area contributed by atoms with E-state index in [1.807, 2.05) is 0 Å². The molecule has 0 aliphatic carbocycles. The normalized spacial score (nSPS) is 12.1. The van der Waals surface area contributed by atoms with E-state index in [-0.39, 0.29) is 10.8 Å². The van der Waals surface area contributed by atoms with E-state index >= 15 is 0 Å². The van der Waals surface area contributed by atoms with Crippen LogP contribution in [0, 0.1) is 0 Å². The van der Waals surface area contributed by atoms with Gasteiger partial charge in [0.05, 0.1) is 17.0 Å². The first kappa shape index (κ1) is 10.5. The first-order chi connectivity index (χ1) is 7.02. The van der Waals surface area contributed by atoms with Gasteiger partial charge in [0.25, 0.3) is 0 Å². The van der Waals surface area contributed by atoms with E-state index in [0.717, 1.165) is 5.39 Å². The summed E-state index contributed by atoms with van der Waals surface area (Å²) in [7, 11) is -3.21. The third-order valence-corrected chi connectivity index (χ3v) is 3.55. The third-order valence-electron chi connectivity index (χ3n) is 2.17. The lowest BCUT2D eigenvalue weighted by Gasteiger charge is -2.02. The Balaban J connectivity index is 2.80. The van der Waals surface area contributed by atoms with Crippen molar-refractivity contribution in [3.05, 3.63) is 30.0 Å². The van der Waals surface area contributed by atoms with Gasteiger partial charge in [0.15, 0.2) is 9.84 Å². The Hall–Kier alpha value is -1.00. The van der Waals surface area contributed by atoms with Crippen molar-refractivity contribution in [1.82, 2.24) is 0 Å². The number of alkyl halides is 1. The van der Waals surface area contributed by atoms with Crippen molar-refractivity contribution < 1.29 is 12.8 Å². The average Bonchev–Trinajstić information content (AvgIpc) is 2.62. The minimum absolute atomic E-state index is 0.230. The standard InChI is InChI=1S/C10H9ClO3S/c1-15(12,13)9-4-7-2-3-14-10(7)8(5-9)6-11/h2-5H,6H2,1H3. The molecule has 80 valence electrons. The molecule has 3 nitrogen and oxygen atoms in total. The van der Waals surface area contributed by atoms with E-state index in [0.29, 0.717) is 11.1 Å². The zero-order valence-electron chi connectivity index (χ0n) is 8.03. The van der Waals surface area contributed by atoms with Crippen LogP contribution in [0.3, 0.4) is 0 Å². The second kappa shape index (κ2) is 3.54.